The molecule has 2 heterocycles. The Morgan fingerprint density at radius 3 is 2.67 bits per heavy atom. The molecule has 0 bridgehead atoms. The van der Waals surface area contributed by atoms with Crippen LogP contribution < -0.4 is 4.90 Å². The number of halogens is 3. The number of amides is 1. The van der Waals surface area contributed by atoms with Crippen molar-refractivity contribution in [3.63, 3.8) is 0 Å². The first-order valence-corrected chi connectivity index (χ1v) is 10.00. The summed E-state index contributed by atoms with van der Waals surface area (Å²) >= 11 is 0. The minimum Gasteiger partial charge on any atom is -0.306 e. The molecule has 30 heavy (non-hydrogen) atoms. The molecule has 2 aromatic rings. The molecule has 5 nitrogen and oxygen atoms in total. The summed E-state index contributed by atoms with van der Waals surface area (Å²) in [4.78, 5) is 34.9. The average Bonchev–Trinajstić information content (AvgIpc) is 2.89. The van der Waals surface area contributed by atoms with Crippen molar-refractivity contribution in [1.82, 2.24) is 9.97 Å². The van der Waals surface area contributed by atoms with E-state index >= 15 is 8.78 Å². The molecule has 2 atom stereocenters. The van der Waals surface area contributed by atoms with Crippen molar-refractivity contribution in [2.75, 3.05) is 11.4 Å². The molecular weight excluding hydrogens is 395 g/mol. The van der Waals surface area contributed by atoms with Crippen molar-refractivity contribution in [2.24, 2.45) is 11.3 Å². The molecule has 2 aliphatic rings. The van der Waals surface area contributed by atoms with E-state index in [-0.39, 0.29) is 42.3 Å². The molecule has 1 saturated carbocycles. The van der Waals surface area contributed by atoms with Crippen LogP contribution in [-0.2, 0) is 4.79 Å². The minimum absolute atomic E-state index is 0.0493. The van der Waals surface area contributed by atoms with Gasteiger partial charge in [-0.25, -0.2) is 23.1 Å². The molecule has 1 aromatic heterocycles. The molecular formula is C22H22F3N3O2. The van der Waals surface area contributed by atoms with E-state index in [2.05, 4.69) is 9.97 Å². The van der Waals surface area contributed by atoms with Crippen LogP contribution in [0.2, 0.25) is 0 Å². The fraction of sp³-hybridized carbons (Fsp3) is 0.455. The molecule has 8 heteroatoms. The van der Waals surface area contributed by atoms with Gasteiger partial charge < -0.3 is 4.90 Å². The molecule has 1 saturated heterocycles. The van der Waals surface area contributed by atoms with Crippen molar-refractivity contribution in [3.05, 3.63) is 53.9 Å². The maximum atomic E-state index is 15.2. The Bertz CT molecular complexity index is 980. The van der Waals surface area contributed by atoms with Gasteiger partial charge in [-0.2, -0.15) is 0 Å². The number of aryl methyl sites for hydroxylation is 1. The second-order valence-electron chi connectivity index (χ2n) is 8.23. The van der Waals surface area contributed by atoms with Gasteiger partial charge in [0.1, 0.15) is 22.8 Å². The SMILES string of the molecule is Cc1nccc(C(=O)CC2CCCC3(C2)C(=O)N(c2ccc(F)cc2)CC3(F)F)n1. The number of alkyl halides is 2. The number of ketones is 1. The van der Waals surface area contributed by atoms with Gasteiger partial charge in [-0.05, 0) is 62.4 Å². The topological polar surface area (TPSA) is 63.2 Å². The second kappa shape index (κ2) is 7.49. The van der Waals surface area contributed by atoms with Crippen molar-refractivity contribution in [2.45, 2.75) is 45.0 Å². The zero-order valence-electron chi connectivity index (χ0n) is 16.6. The van der Waals surface area contributed by atoms with E-state index in [0.717, 1.165) is 17.0 Å². The third-order valence-corrected chi connectivity index (χ3v) is 6.24. The molecule has 4 rings (SSSR count). The lowest BCUT2D eigenvalue weighted by molar-refractivity contribution is -0.151. The lowest BCUT2D eigenvalue weighted by atomic mass is 9.65. The van der Waals surface area contributed by atoms with Gasteiger partial charge in [0, 0.05) is 18.3 Å². The van der Waals surface area contributed by atoms with Crippen LogP contribution >= 0.6 is 0 Å². The smallest absolute Gasteiger partial charge is 0.279 e. The summed E-state index contributed by atoms with van der Waals surface area (Å²) in [6, 6.07) is 6.49. The highest BCUT2D eigenvalue weighted by atomic mass is 19.3. The summed E-state index contributed by atoms with van der Waals surface area (Å²) in [6.45, 7) is 0.942. The highest BCUT2D eigenvalue weighted by Gasteiger charge is 2.67. The first kappa shape index (κ1) is 20.5. The predicted octanol–water partition coefficient (Wildman–Crippen LogP) is 4.36. The van der Waals surface area contributed by atoms with Gasteiger partial charge in [0.2, 0.25) is 5.91 Å². The minimum atomic E-state index is -3.23. The van der Waals surface area contributed by atoms with Gasteiger partial charge in [-0.3, -0.25) is 9.59 Å². The normalized spacial score (nSPS) is 25.7. The van der Waals surface area contributed by atoms with E-state index in [9.17, 15) is 14.0 Å². The van der Waals surface area contributed by atoms with Crippen LogP contribution in [0.5, 0.6) is 0 Å². The summed E-state index contributed by atoms with van der Waals surface area (Å²) in [6.07, 6.45) is 2.64. The second-order valence-corrected chi connectivity index (χ2v) is 8.23. The Balaban J connectivity index is 1.56. The van der Waals surface area contributed by atoms with Gasteiger partial charge in [-0.1, -0.05) is 6.42 Å². The lowest BCUT2D eigenvalue weighted by Crippen LogP contribution is -2.46. The predicted molar refractivity (Wildman–Crippen MR) is 104 cm³/mol. The Hall–Kier alpha value is -2.77. The Kier molecular flexibility index (Phi) is 5.11. The van der Waals surface area contributed by atoms with Crippen LogP contribution in [0.4, 0.5) is 18.9 Å². The number of aromatic nitrogens is 2. The first-order chi connectivity index (χ1) is 14.2. The highest BCUT2D eigenvalue weighted by Crippen LogP contribution is 2.56. The molecule has 1 spiro atoms. The Morgan fingerprint density at radius 2 is 1.97 bits per heavy atom. The first-order valence-electron chi connectivity index (χ1n) is 10.00. The van der Waals surface area contributed by atoms with Crippen LogP contribution in [0.1, 0.15) is 48.4 Å². The maximum absolute atomic E-state index is 15.2. The molecule has 1 aromatic carbocycles. The van der Waals surface area contributed by atoms with E-state index in [1.165, 1.54) is 24.4 Å². The summed E-state index contributed by atoms with van der Waals surface area (Å²) in [7, 11) is 0. The molecule has 0 radical (unpaired) electrons. The van der Waals surface area contributed by atoms with Crippen molar-refractivity contribution in [3.8, 4) is 0 Å². The molecule has 1 aliphatic heterocycles. The van der Waals surface area contributed by atoms with E-state index in [4.69, 9.17) is 0 Å². The number of hydrogen-bond acceptors (Lipinski definition) is 4. The number of rotatable bonds is 4. The third-order valence-electron chi connectivity index (χ3n) is 6.24. The van der Waals surface area contributed by atoms with E-state index < -0.39 is 29.6 Å². The molecule has 0 N–H and O–H groups in total. The van der Waals surface area contributed by atoms with Gasteiger partial charge in [0.05, 0.1) is 6.54 Å². The molecule has 158 valence electrons. The number of Topliss-reactive ketones (excluding diaryl/α,β-unsaturated/α-hetero) is 1. The lowest BCUT2D eigenvalue weighted by Gasteiger charge is -2.39. The van der Waals surface area contributed by atoms with E-state index in [0.29, 0.717) is 18.7 Å². The fourth-order valence-corrected chi connectivity index (χ4v) is 4.73. The zero-order chi connectivity index (χ0) is 21.5. The van der Waals surface area contributed by atoms with Gasteiger partial charge >= 0.3 is 0 Å². The molecule has 1 amide bonds. The molecule has 2 unspecified atom stereocenters. The number of anilines is 1. The number of carbonyl (C=O) groups excluding carboxylic acids is 2. The highest BCUT2D eigenvalue weighted by molar-refractivity contribution is 6.01. The summed E-state index contributed by atoms with van der Waals surface area (Å²) in [5.74, 6) is -4.46. The summed E-state index contributed by atoms with van der Waals surface area (Å²) in [5, 5.41) is 0. The summed E-state index contributed by atoms with van der Waals surface area (Å²) < 4.78 is 43.6. The fourth-order valence-electron chi connectivity index (χ4n) is 4.73. The van der Waals surface area contributed by atoms with E-state index in [1.54, 1.807) is 6.92 Å². The number of hydrogen-bond donors (Lipinski definition) is 0. The largest absolute Gasteiger partial charge is 0.306 e. The zero-order valence-corrected chi connectivity index (χ0v) is 16.6. The van der Waals surface area contributed by atoms with Crippen molar-refractivity contribution < 1.29 is 22.8 Å². The number of carbonyl (C=O) groups is 2. The van der Waals surface area contributed by atoms with Gasteiger partial charge in [-0.15, -0.1) is 0 Å². The average molecular weight is 417 g/mol. The Labute approximate surface area is 172 Å². The van der Waals surface area contributed by atoms with Crippen molar-refractivity contribution in [1.29, 1.82) is 0 Å². The van der Waals surface area contributed by atoms with Crippen LogP contribution in [-0.4, -0.2) is 34.1 Å². The standard InChI is InChI=1S/C22H22F3N3O2/c1-14-26-10-8-18(27-14)19(29)11-15-3-2-9-21(12-15)20(30)28(13-22(21,24)25)17-6-4-16(23)5-7-17/h4-8,10,15H,2-3,9,11-13H2,1H3. The maximum Gasteiger partial charge on any atom is 0.279 e. The van der Waals surface area contributed by atoms with Crippen LogP contribution in [0.3, 0.4) is 0 Å². The molecule has 2 fully saturated rings. The third kappa shape index (κ3) is 3.48. The van der Waals surface area contributed by atoms with Gasteiger partial charge in [0.15, 0.2) is 5.78 Å². The molecule has 1 aliphatic carbocycles. The quantitative estimate of drug-likeness (QED) is 0.694. The van der Waals surface area contributed by atoms with Crippen molar-refractivity contribution >= 4 is 17.4 Å². The number of benzene rings is 1. The van der Waals surface area contributed by atoms with Gasteiger partial charge in [0.25, 0.3) is 5.92 Å². The summed E-state index contributed by atoms with van der Waals surface area (Å²) in [5.41, 5.74) is -1.31. The van der Waals surface area contributed by atoms with Crippen LogP contribution in [0, 0.1) is 24.1 Å². The monoisotopic (exact) mass is 417 g/mol. The Morgan fingerprint density at radius 1 is 1.23 bits per heavy atom. The van der Waals surface area contributed by atoms with Crippen LogP contribution in [0.15, 0.2) is 36.5 Å². The number of nitrogens with zero attached hydrogens (tertiary/aromatic N) is 3. The van der Waals surface area contributed by atoms with E-state index in [1.807, 2.05) is 0 Å². The van der Waals surface area contributed by atoms with Crippen LogP contribution in [0.25, 0.3) is 0 Å².